The van der Waals surface area contributed by atoms with Crippen LogP contribution < -0.4 is 5.09 Å². The fourth-order valence-electron chi connectivity index (χ4n) is 1.80. The van der Waals surface area contributed by atoms with Crippen molar-refractivity contribution < 1.29 is 18.3 Å². The van der Waals surface area contributed by atoms with E-state index in [9.17, 15) is 4.57 Å². The number of hydrogen-bond acceptors (Lipinski definition) is 5. The molecule has 1 saturated heterocycles. The zero-order valence-electron chi connectivity index (χ0n) is 11.5. The molecule has 0 amide bonds. The van der Waals surface area contributed by atoms with Gasteiger partial charge in [-0.1, -0.05) is 34.8 Å². The average molecular weight is 370 g/mol. The second kappa shape index (κ2) is 8.51. The van der Waals surface area contributed by atoms with E-state index in [1.807, 2.05) is 4.90 Å². The number of ether oxygens (including phenoxy) is 1. The SMILES string of the molecule is CCOP(=O)(NC(N1CCOCC1)C(Cl)(Cl)Cl)OCC. The van der Waals surface area contributed by atoms with Crippen LogP contribution in [0.15, 0.2) is 0 Å². The molecule has 0 radical (unpaired) electrons. The minimum atomic E-state index is -3.52. The third kappa shape index (κ3) is 5.95. The summed E-state index contributed by atoms with van der Waals surface area (Å²) >= 11 is 18.0. The summed E-state index contributed by atoms with van der Waals surface area (Å²) in [5, 5.41) is 2.73. The van der Waals surface area contributed by atoms with Crippen LogP contribution in [0.4, 0.5) is 0 Å². The lowest BCUT2D eigenvalue weighted by molar-refractivity contribution is 0.0123. The van der Waals surface area contributed by atoms with Gasteiger partial charge in [-0.15, -0.1) is 0 Å². The van der Waals surface area contributed by atoms with Crippen molar-refractivity contribution in [3.8, 4) is 0 Å². The fraction of sp³-hybridized carbons (Fsp3) is 1.00. The molecule has 1 unspecified atom stereocenters. The molecule has 20 heavy (non-hydrogen) atoms. The van der Waals surface area contributed by atoms with Gasteiger partial charge in [0.1, 0.15) is 6.17 Å². The van der Waals surface area contributed by atoms with Crippen LogP contribution in [0.1, 0.15) is 13.8 Å². The van der Waals surface area contributed by atoms with Crippen LogP contribution in [0.3, 0.4) is 0 Å². The maximum absolute atomic E-state index is 12.5. The van der Waals surface area contributed by atoms with E-state index in [0.717, 1.165) is 0 Å². The lowest BCUT2D eigenvalue weighted by atomic mass is 10.4. The van der Waals surface area contributed by atoms with Crippen molar-refractivity contribution in [1.82, 2.24) is 9.99 Å². The minimum absolute atomic E-state index is 0.222. The Kier molecular flexibility index (Phi) is 8.06. The third-order valence-electron chi connectivity index (χ3n) is 2.60. The van der Waals surface area contributed by atoms with Gasteiger partial charge in [-0.3, -0.25) is 13.9 Å². The van der Waals surface area contributed by atoms with Crippen LogP contribution in [0.2, 0.25) is 0 Å². The van der Waals surface area contributed by atoms with Gasteiger partial charge in [0.05, 0.1) is 26.4 Å². The quantitative estimate of drug-likeness (QED) is 0.550. The zero-order valence-corrected chi connectivity index (χ0v) is 14.6. The Balaban J connectivity index is 2.84. The Morgan fingerprint density at radius 1 is 1.25 bits per heavy atom. The van der Waals surface area contributed by atoms with Crippen molar-refractivity contribution in [2.24, 2.45) is 0 Å². The first kappa shape index (κ1) is 18.9. The van der Waals surface area contributed by atoms with Gasteiger partial charge in [-0.25, -0.2) is 9.65 Å². The van der Waals surface area contributed by atoms with Crippen molar-refractivity contribution in [3.05, 3.63) is 0 Å². The molecule has 1 aliphatic rings. The minimum Gasteiger partial charge on any atom is -0.379 e. The highest BCUT2D eigenvalue weighted by molar-refractivity contribution is 7.51. The number of halogens is 3. The van der Waals surface area contributed by atoms with Gasteiger partial charge in [0.2, 0.25) is 3.79 Å². The molecular weight excluding hydrogens is 349 g/mol. The van der Waals surface area contributed by atoms with Gasteiger partial charge >= 0.3 is 7.75 Å². The molecular formula is C10H20Cl3N2O4P. The summed E-state index contributed by atoms with van der Waals surface area (Å²) in [5.41, 5.74) is 0. The molecule has 1 heterocycles. The molecule has 0 aromatic carbocycles. The average Bonchev–Trinajstić information content (AvgIpc) is 2.36. The Morgan fingerprint density at radius 3 is 2.15 bits per heavy atom. The second-order valence-electron chi connectivity index (χ2n) is 4.05. The van der Waals surface area contributed by atoms with E-state index in [-0.39, 0.29) is 13.2 Å². The van der Waals surface area contributed by atoms with Gasteiger partial charge in [-0.2, -0.15) is 0 Å². The van der Waals surface area contributed by atoms with Crippen LogP contribution in [0.5, 0.6) is 0 Å². The summed E-state index contributed by atoms with van der Waals surface area (Å²) < 4.78 is 26.5. The van der Waals surface area contributed by atoms with E-state index in [1.165, 1.54) is 0 Å². The molecule has 10 heteroatoms. The second-order valence-corrected chi connectivity index (χ2v) is 8.19. The lowest BCUT2D eigenvalue weighted by Crippen LogP contribution is -2.56. The highest BCUT2D eigenvalue weighted by Crippen LogP contribution is 2.47. The first-order chi connectivity index (χ1) is 9.32. The topological polar surface area (TPSA) is 60.0 Å². The summed E-state index contributed by atoms with van der Waals surface area (Å²) in [6.45, 7) is 6.03. The molecule has 0 aliphatic carbocycles. The molecule has 0 aromatic heterocycles. The van der Waals surface area contributed by atoms with Crippen molar-refractivity contribution >= 4 is 42.5 Å². The number of hydrogen-bond donors (Lipinski definition) is 1. The summed E-state index contributed by atoms with van der Waals surface area (Å²) in [5.74, 6) is 0. The van der Waals surface area contributed by atoms with E-state index in [0.29, 0.717) is 26.3 Å². The lowest BCUT2D eigenvalue weighted by Gasteiger charge is -2.39. The molecule has 0 spiro atoms. The van der Waals surface area contributed by atoms with E-state index < -0.39 is 17.7 Å². The molecule has 1 atom stereocenters. The van der Waals surface area contributed by atoms with Crippen molar-refractivity contribution in [2.45, 2.75) is 23.8 Å². The summed E-state index contributed by atoms with van der Waals surface area (Å²) in [6, 6.07) is 0. The van der Waals surface area contributed by atoms with Gasteiger partial charge in [-0.05, 0) is 13.8 Å². The summed E-state index contributed by atoms with van der Waals surface area (Å²) in [4.78, 5) is 1.85. The van der Waals surface area contributed by atoms with Gasteiger partial charge in [0.15, 0.2) is 0 Å². The van der Waals surface area contributed by atoms with E-state index >= 15 is 0 Å². The zero-order chi connectivity index (χ0) is 15.2. The van der Waals surface area contributed by atoms with Crippen LogP contribution in [0, 0.1) is 0 Å². The summed E-state index contributed by atoms with van der Waals surface area (Å²) in [6.07, 6.45) is -0.791. The van der Waals surface area contributed by atoms with Gasteiger partial charge in [0.25, 0.3) is 0 Å². The third-order valence-corrected chi connectivity index (χ3v) is 4.98. The van der Waals surface area contributed by atoms with E-state index in [1.54, 1.807) is 13.8 Å². The van der Waals surface area contributed by atoms with Gasteiger partial charge < -0.3 is 4.74 Å². The Morgan fingerprint density at radius 2 is 1.75 bits per heavy atom. The highest BCUT2D eigenvalue weighted by atomic mass is 35.6. The number of alkyl halides is 3. The van der Waals surface area contributed by atoms with Crippen molar-refractivity contribution in [1.29, 1.82) is 0 Å². The Hall–Kier alpha value is 0.900. The number of nitrogens with one attached hydrogen (secondary N) is 1. The maximum Gasteiger partial charge on any atom is 0.406 e. The molecule has 0 saturated carbocycles. The summed E-state index contributed by atoms with van der Waals surface area (Å²) in [7, 11) is -3.52. The molecule has 6 nitrogen and oxygen atoms in total. The molecule has 0 aromatic rings. The predicted octanol–water partition coefficient (Wildman–Crippen LogP) is 2.79. The Bertz CT molecular complexity index is 327. The largest absolute Gasteiger partial charge is 0.406 e. The van der Waals surface area contributed by atoms with E-state index in [2.05, 4.69) is 5.09 Å². The van der Waals surface area contributed by atoms with Gasteiger partial charge in [0, 0.05) is 13.1 Å². The standard InChI is InChI=1S/C10H20Cl3N2O4P/c1-3-18-20(16,19-4-2)14-9(10(11,12)13)15-5-7-17-8-6-15/h9H,3-8H2,1-2H3,(H,14,16). The Labute approximate surface area is 134 Å². The van der Waals surface area contributed by atoms with Crippen LogP contribution in [0.25, 0.3) is 0 Å². The molecule has 120 valence electrons. The van der Waals surface area contributed by atoms with Crippen LogP contribution in [-0.2, 0) is 18.3 Å². The molecule has 1 fully saturated rings. The number of morpholine rings is 1. The van der Waals surface area contributed by atoms with Crippen LogP contribution in [-0.4, -0.2) is 54.4 Å². The molecule has 1 rings (SSSR count). The van der Waals surface area contributed by atoms with Crippen molar-refractivity contribution in [2.75, 3.05) is 39.5 Å². The normalized spacial score (nSPS) is 20.1. The van der Waals surface area contributed by atoms with Crippen molar-refractivity contribution in [3.63, 3.8) is 0 Å². The first-order valence-electron chi connectivity index (χ1n) is 6.38. The van der Waals surface area contributed by atoms with E-state index in [4.69, 9.17) is 48.6 Å². The fourth-order valence-corrected chi connectivity index (χ4v) is 4.16. The smallest absolute Gasteiger partial charge is 0.379 e. The monoisotopic (exact) mass is 368 g/mol. The predicted molar refractivity (Wildman–Crippen MR) is 80.5 cm³/mol. The molecule has 1 aliphatic heterocycles. The number of nitrogens with zero attached hydrogens (tertiary/aromatic N) is 1. The van der Waals surface area contributed by atoms with Crippen LogP contribution >= 0.6 is 42.5 Å². The highest BCUT2D eigenvalue weighted by Gasteiger charge is 2.43. The number of rotatable bonds is 7. The molecule has 0 bridgehead atoms. The molecule has 1 N–H and O–H groups in total. The maximum atomic E-state index is 12.5. The first-order valence-corrected chi connectivity index (χ1v) is 9.05.